The van der Waals surface area contributed by atoms with Gasteiger partial charge in [-0.15, -0.1) is 0 Å². The summed E-state index contributed by atoms with van der Waals surface area (Å²) in [5, 5.41) is 7.73. The molecule has 2 amide bonds. The van der Waals surface area contributed by atoms with Crippen molar-refractivity contribution in [3.8, 4) is 5.69 Å². The number of rotatable bonds is 6. The van der Waals surface area contributed by atoms with E-state index in [0.29, 0.717) is 11.4 Å². The molecule has 0 aliphatic rings. The molecule has 0 saturated heterocycles. The molecule has 0 unspecified atom stereocenters. The maximum atomic E-state index is 13.1. The highest BCUT2D eigenvalue weighted by Gasteiger charge is 2.25. The van der Waals surface area contributed by atoms with Crippen LogP contribution in [0.3, 0.4) is 0 Å². The first kappa shape index (κ1) is 24.7. The molecular weight excluding hydrogens is 480 g/mol. The van der Waals surface area contributed by atoms with Crippen molar-refractivity contribution < 1.29 is 9.59 Å². The van der Waals surface area contributed by atoms with Crippen molar-refractivity contribution in [1.82, 2.24) is 14.7 Å². The minimum atomic E-state index is -0.277. The zero-order chi connectivity index (χ0) is 24.3. The molecule has 7 heteroatoms. The van der Waals surface area contributed by atoms with Gasteiger partial charge in [-0.25, -0.2) is 4.68 Å². The smallest absolute Gasteiger partial charge is 0.254 e. The molecule has 0 radical (unpaired) electrons. The van der Waals surface area contributed by atoms with Crippen LogP contribution in [-0.2, 0) is 10.2 Å². The van der Waals surface area contributed by atoms with Gasteiger partial charge in [-0.3, -0.25) is 9.59 Å². The minimum Gasteiger partial charge on any atom is -0.327 e. The number of anilines is 1. The van der Waals surface area contributed by atoms with Crippen LogP contribution >= 0.6 is 15.9 Å². The summed E-state index contributed by atoms with van der Waals surface area (Å²) in [7, 11) is 0. The Hall–Kier alpha value is -2.93. The standard InChI is InChI=1S/C26H31BrN4O2/c1-17(2)30(25(33)19-8-7-9-20(27)14-19)16-24(32)28-23-15-22(26(4,5)6)29-31(23)21-12-10-18(3)11-13-21/h7-15,17H,16H2,1-6H3,(H,28,32). The maximum Gasteiger partial charge on any atom is 0.254 e. The van der Waals surface area contributed by atoms with E-state index in [1.807, 2.05) is 63.2 Å². The van der Waals surface area contributed by atoms with Crippen LogP contribution in [0, 0.1) is 6.92 Å². The minimum absolute atomic E-state index is 0.0626. The van der Waals surface area contributed by atoms with Crippen LogP contribution in [0.25, 0.3) is 5.69 Å². The van der Waals surface area contributed by atoms with Gasteiger partial charge in [-0.05, 0) is 51.1 Å². The summed E-state index contributed by atoms with van der Waals surface area (Å²) in [5.41, 5.74) is 3.22. The van der Waals surface area contributed by atoms with E-state index in [1.165, 1.54) is 0 Å². The van der Waals surface area contributed by atoms with Gasteiger partial charge in [0.25, 0.3) is 5.91 Å². The Kier molecular flexibility index (Phi) is 7.42. The predicted octanol–water partition coefficient (Wildman–Crippen LogP) is 5.73. The fourth-order valence-electron chi connectivity index (χ4n) is 3.33. The number of hydrogen-bond donors (Lipinski definition) is 1. The van der Waals surface area contributed by atoms with Crippen molar-refractivity contribution in [2.75, 3.05) is 11.9 Å². The monoisotopic (exact) mass is 510 g/mol. The second-order valence-corrected chi connectivity index (χ2v) is 10.4. The van der Waals surface area contributed by atoms with Crippen molar-refractivity contribution in [3.63, 3.8) is 0 Å². The number of carbonyl (C=O) groups is 2. The highest BCUT2D eigenvalue weighted by atomic mass is 79.9. The Bertz CT molecular complexity index is 1140. The Morgan fingerprint density at radius 3 is 2.33 bits per heavy atom. The average Bonchev–Trinajstić information content (AvgIpc) is 3.16. The van der Waals surface area contributed by atoms with Crippen LogP contribution in [0.15, 0.2) is 59.1 Å². The summed E-state index contributed by atoms with van der Waals surface area (Å²) in [6.07, 6.45) is 0. The molecule has 0 atom stereocenters. The summed E-state index contributed by atoms with van der Waals surface area (Å²) < 4.78 is 2.56. The van der Waals surface area contributed by atoms with Crippen LogP contribution in [0.1, 0.15) is 56.2 Å². The van der Waals surface area contributed by atoms with Crippen LogP contribution in [0.2, 0.25) is 0 Å². The number of nitrogens with one attached hydrogen (secondary N) is 1. The van der Waals surface area contributed by atoms with Gasteiger partial charge < -0.3 is 10.2 Å². The maximum absolute atomic E-state index is 13.1. The quantitative estimate of drug-likeness (QED) is 0.460. The van der Waals surface area contributed by atoms with E-state index in [-0.39, 0.29) is 29.8 Å². The first-order valence-electron chi connectivity index (χ1n) is 11.0. The molecule has 1 N–H and O–H groups in total. The molecule has 2 aromatic carbocycles. The molecule has 0 spiro atoms. The third-order valence-corrected chi connectivity index (χ3v) is 5.79. The van der Waals surface area contributed by atoms with Gasteiger partial charge in [0.05, 0.1) is 11.4 Å². The van der Waals surface area contributed by atoms with Crippen molar-refractivity contribution >= 4 is 33.6 Å². The first-order chi connectivity index (χ1) is 15.5. The molecule has 0 aliphatic carbocycles. The number of halogens is 1. The van der Waals surface area contributed by atoms with Gasteiger partial charge in [0, 0.05) is 27.6 Å². The first-order valence-corrected chi connectivity index (χ1v) is 11.8. The lowest BCUT2D eigenvalue weighted by Crippen LogP contribution is -2.42. The van der Waals surface area contributed by atoms with Gasteiger partial charge in [0.1, 0.15) is 12.4 Å². The van der Waals surface area contributed by atoms with Gasteiger partial charge in [-0.2, -0.15) is 5.10 Å². The molecule has 0 bridgehead atoms. The molecule has 174 valence electrons. The number of benzene rings is 2. The van der Waals surface area contributed by atoms with Crippen LogP contribution in [-0.4, -0.2) is 39.1 Å². The van der Waals surface area contributed by atoms with Crippen molar-refractivity contribution in [2.45, 2.75) is 53.0 Å². The molecule has 1 heterocycles. The second-order valence-electron chi connectivity index (χ2n) is 9.50. The van der Waals surface area contributed by atoms with Gasteiger partial charge >= 0.3 is 0 Å². The van der Waals surface area contributed by atoms with Gasteiger partial charge in [0.15, 0.2) is 0 Å². The molecule has 0 saturated carbocycles. The Balaban J connectivity index is 1.87. The third-order valence-electron chi connectivity index (χ3n) is 5.29. The van der Waals surface area contributed by atoms with E-state index < -0.39 is 0 Å². The highest BCUT2D eigenvalue weighted by molar-refractivity contribution is 9.10. The summed E-state index contributed by atoms with van der Waals surface area (Å²) >= 11 is 3.40. The van der Waals surface area contributed by atoms with E-state index in [1.54, 1.807) is 21.7 Å². The fraction of sp³-hybridized carbons (Fsp3) is 0.346. The normalized spacial score (nSPS) is 11.5. The van der Waals surface area contributed by atoms with E-state index >= 15 is 0 Å². The van der Waals surface area contributed by atoms with Gasteiger partial charge in [0.2, 0.25) is 5.91 Å². The van der Waals surface area contributed by atoms with Crippen LogP contribution in [0.5, 0.6) is 0 Å². The van der Waals surface area contributed by atoms with E-state index in [2.05, 4.69) is 42.0 Å². The van der Waals surface area contributed by atoms with Crippen LogP contribution in [0.4, 0.5) is 5.82 Å². The third kappa shape index (κ3) is 6.11. The molecule has 6 nitrogen and oxygen atoms in total. The molecule has 0 fully saturated rings. The number of carbonyl (C=O) groups excluding carboxylic acids is 2. The number of hydrogen-bond acceptors (Lipinski definition) is 3. The molecule has 0 aliphatic heterocycles. The lowest BCUT2D eigenvalue weighted by atomic mass is 9.92. The number of aromatic nitrogens is 2. The van der Waals surface area contributed by atoms with Crippen molar-refractivity contribution in [3.05, 3.63) is 75.9 Å². The van der Waals surface area contributed by atoms with Crippen LogP contribution < -0.4 is 5.32 Å². The summed E-state index contributed by atoms with van der Waals surface area (Å²) in [5.74, 6) is 0.108. The van der Waals surface area contributed by atoms with E-state index in [4.69, 9.17) is 5.10 Å². The molecule has 3 aromatic rings. The lowest BCUT2D eigenvalue weighted by molar-refractivity contribution is -0.117. The van der Waals surface area contributed by atoms with E-state index in [9.17, 15) is 9.59 Å². The summed E-state index contributed by atoms with van der Waals surface area (Å²) in [6, 6.07) is 16.9. The molecular formula is C26H31BrN4O2. The fourth-order valence-corrected chi connectivity index (χ4v) is 3.73. The Morgan fingerprint density at radius 1 is 1.09 bits per heavy atom. The largest absolute Gasteiger partial charge is 0.327 e. The predicted molar refractivity (Wildman–Crippen MR) is 136 cm³/mol. The Morgan fingerprint density at radius 2 is 1.76 bits per heavy atom. The average molecular weight is 511 g/mol. The SMILES string of the molecule is Cc1ccc(-n2nc(C(C)(C)C)cc2NC(=O)CN(C(=O)c2cccc(Br)c2)C(C)C)cc1. The highest BCUT2D eigenvalue weighted by Crippen LogP contribution is 2.26. The van der Waals surface area contributed by atoms with Gasteiger partial charge in [-0.1, -0.05) is 60.5 Å². The number of amides is 2. The summed E-state index contributed by atoms with van der Waals surface area (Å²) in [4.78, 5) is 27.7. The number of nitrogens with zero attached hydrogens (tertiary/aromatic N) is 3. The lowest BCUT2D eigenvalue weighted by Gasteiger charge is -2.26. The zero-order valence-corrected chi connectivity index (χ0v) is 21.6. The topological polar surface area (TPSA) is 67.2 Å². The zero-order valence-electron chi connectivity index (χ0n) is 20.0. The second kappa shape index (κ2) is 9.91. The number of aryl methyl sites for hydroxylation is 1. The molecule has 1 aromatic heterocycles. The summed E-state index contributed by atoms with van der Waals surface area (Å²) in [6.45, 7) is 12.0. The van der Waals surface area contributed by atoms with E-state index in [0.717, 1.165) is 21.4 Å². The molecule has 3 rings (SSSR count). The Labute approximate surface area is 204 Å². The van der Waals surface area contributed by atoms with Crippen molar-refractivity contribution in [2.24, 2.45) is 0 Å². The molecule has 33 heavy (non-hydrogen) atoms. The van der Waals surface area contributed by atoms with Crippen molar-refractivity contribution in [1.29, 1.82) is 0 Å².